The Labute approximate surface area is 172 Å². The molecule has 5 nitrogen and oxygen atoms in total. The zero-order valence-electron chi connectivity index (χ0n) is 15.5. The monoisotopic (exact) mass is 412 g/mol. The second-order valence-electron chi connectivity index (χ2n) is 6.04. The second-order valence-corrected chi connectivity index (χ2v) is 6.45. The molecule has 0 saturated carbocycles. The van der Waals surface area contributed by atoms with Crippen molar-refractivity contribution in [3.63, 3.8) is 0 Å². The quantitative estimate of drug-likeness (QED) is 0.571. The minimum absolute atomic E-state index is 0.118. The standard InChI is InChI=1S/C22H18ClFN2O3/c1-2-29-16-10-8-15(9-11-16)25-21(27)14-7-12-18(23)20(13-14)26-22(28)17-5-3-4-6-19(17)24/h3-13H,2H2,1H3,(H,25,27)(H,26,28). The second kappa shape index (κ2) is 9.21. The summed E-state index contributed by atoms with van der Waals surface area (Å²) < 4.78 is 19.2. The third kappa shape index (κ3) is 5.12. The Bertz CT molecular complexity index is 1040. The van der Waals surface area contributed by atoms with E-state index < -0.39 is 11.7 Å². The first-order valence-electron chi connectivity index (χ1n) is 8.87. The van der Waals surface area contributed by atoms with Gasteiger partial charge in [0.2, 0.25) is 0 Å². The predicted molar refractivity (Wildman–Crippen MR) is 111 cm³/mol. The highest BCUT2D eigenvalue weighted by Gasteiger charge is 2.15. The van der Waals surface area contributed by atoms with Crippen LogP contribution in [0.3, 0.4) is 0 Å². The maximum Gasteiger partial charge on any atom is 0.258 e. The van der Waals surface area contributed by atoms with Crippen LogP contribution in [0, 0.1) is 5.82 Å². The van der Waals surface area contributed by atoms with Gasteiger partial charge in [-0.05, 0) is 61.5 Å². The van der Waals surface area contributed by atoms with Crippen LogP contribution in [0.2, 0.25) is 5.02 Å². The van der Waals surface area contributed by atoms with Crippen molar-refractivity contribution in [2.24, 2.45) is 0 Å². The zero-order valence-corrected chi connectivity index (χ0v) is 16.3. The molecule has 7 heteroatoms. The van der Waals surface area contributed by atoms with Gasteiger partial charge in [-0.25, -0.2) is 4.39 Å². The van der Waals surface area contributed by atoms with Crippen LogP contribution in [-0.4, -0.2) is 18.4 Å². The molecule has 0 aliphatic rings. The van der Waals surface area contributed by atoms with Gasteiger partial charge in [0.1, 0.15) is 11.6 Å². The van der Waals surface area contributed by atoms with Gasteiger partial charge in [0.05, 0.1) is 22.9 Å². The first-order valence-corrected chi connectivity index (χ1v) is 9.25. The van der Waals surface area contributed by atoms with Crippen LogP contribution in [0.1, 0.15) is 27.6 Å². The Morgan fingerprint density at radius 3 is 2.38 bits per heavy atom. The number of halogens is 2. The molecule has 0 aliphatic heterocycles. The molecule has 2 amide bonds. The molecular weight excluding hydrogens is 395 g/mol. The van der Waals surface area contributed by atoms with Crippen molar-refractivity contribution in [1.82, 2.24) is 0 Å². The minimum atomic E-state index is -0.658. The van der Waals surface area contributed by atoms with Crippen LogP contribution in [0.15, 0.2) is 66.7 Å². The molecule has 0 aliphatic carbocycles. The van der Waals surface area contributed by atoms with Crippen molar-refractivity contribution >= 4 is 34.8 Å². The highest BCUT2D eigenvalue weighted by molar-refractivity contribution is 6.34. The fourth-order valence-electron chi connectivity index (χ4n) is 2.60. The third-order valence-corrected chi connectivity index (χ3v) is 4.35. The summed E-state index contributed by atoms with van der Waals surface area (Å²) in [5.74, 6) is -0.984. The van der Waals surface area contributed by atoms with Crippen molar-refractivity contribution < 1.29 is 18.7 Å². The number of rotatable bonds is 6. The van der Waals surface area contributed by atoms with Gasteiger partial charge in [0, 0.05) is 11.3 Å². The molecule has 0 heterocycles. The van der Waals surface area contributed by atoms with E-state index in [-0.39, 0.29) is 27.7 Å². The molecule has 0 aromatic heterocycles. The molecule has 0 saturated heterocycles. The predicted octanol–water partition coefficient (Wildman–Crippen LogP) is 5.38. The molecule has 0 unspecified atom stereocenters. The Balaban J connectivity index is 1.75. The summed E-state index contributed by atoms with van der Waals surface area (Å²) in [4.78, 5) is 24.9. The SMILES string of the molecule is CCOc1ccc(NC(=O)c2ccc(Cl)c(NC(=O)c3ccccc3F)c2)cc1. The third-order valence-electron chi connectivity index (χ3n) is 4.02. The average molecular weight is 413 g/mol. The number of anilines is 2. The van der Waals surface area contributed by atoms with Gasteiger partial charge in [-0.2, -0.15) is 0 Å². The lowest BCUT2D eigenvalue weighted by molar-refractivity contribution is 0.101. The Morgan fingerprint density at radius 1 is 0.966 bits per heavy atom. The van der Waals surface area contributed by atoms with Crippen LogP contribution >= 0.6 is 11.6 Å². The largest absolute Gasteiger partial charge is 0.494 e. The molecule has 0 fully saturated rings. The maximum atomic E-state index is 13.8. The smallest absolute Gasteiger partial charge is 0.258 e. The molecule has 148 valence electrons. The van der Waals surface area contributed by atoms with Gasteiger partial charge in [-0.1, -0.05) is 23.7 Å². The molecular formula is C22H18ClFN2O3. The number of hydrogen-bond donors (Lipinski definition) is 2. The summed E-state index contributed by atoms with van der Waals surface area (Å²) in [5.41, 5.74) is 0.963. The van der Waals surface area contributed by atoms with Crippen molar-refractivity contribution in [3.05, 3.63) is 88.7 Å². The van der Waals surface area contributed by atoms with Gasteiger partial charge in [0.15, 0.2) is 0 Å². The maximum absolute atomic E-state index is 13.8. The van der Waals surface area contributed by atoms with Crippen molar-refractivity contribution in [1.29, 1.82) is 0 Å². The minimum Gasteiger partial charge on any atom is -0.494 e. The summed E-state index contributed by atoms with van der Waals surface area (Å²) in [5, 5.41) is 5.53. The van der Waals surface area contributed by atoms with E-state index in [1.165, 1.54) is 36.4 Å². The van der Waals surface area contributed by atoms with E-state index in [1.54, 1.807) is 30.3 Å². The summed E-state index contributed by atoms with van der Waals surface area (Å²) >= 11 is 6.13. The Kier molecular flexibility index (Phi) is 6.46. The van der Waals surface area contributed by atoms with Crippen LogP contribution < -0.4 is 15.4 Å². The average Bonchev–Trinajstić information content (AvgIpc) is 2.71. The van der Waals surface area contributed by atoms with Crippen LogP contribution in [0.5, 0.6) is 5.75 Å². The molecule has 2 N–H and O–H groups in total. The van der Waals surface area contributed by atoms with Crippen molar-refractivity contribution in [2.45, 2.75) is 6.92 Å². The highest BCUT2D eigenvalue weighted by atomic mass is 35.5. The molecule has 3 aromatic rings. The summed E-state index contributed by atoms with van der Waals surface area (Å²) in [6.07, 6.45) is 0. The van der Waals surface area contributed by atoms with Crippen molar-refractivity contribution in [2.75, 3.05) is 17.2 Å². The van der Waals surface area contributed by atoms with E-state index in [2.05, 4.69) is 10.6 Å². The summed E-state index contributed by atoms with van der Waals surface area (Å²) in [6.45, 7) is 2.44. The lowest BCUT2D eigenvalue weighted by Crippen LogP contribution is -2.16. The number of carbonyl (C=O) groups excluding carboxylic acids is 2. The van der Waals surface area contributed by atoms with E-state index in [4.69, 9.17) is 16.3 Å². The summed E-state index contributed by atoms with van der Waals surface area (Å²) in [6, 6.07) is 17.0. The molecule has 0 bridgehead atoms. The lowest BCUT2D eigenvalue weighted by atomic mass is 10.1. The van der Waals surface area contributed by atoms with E-state index >= 15 is 0 Å². The van der Waals surface area contributed by atoms with Gasteiger partial charge in [-0.3, -0.25) is 9.59 Å². The topological polar surface area (TPSA) is 67.4 Å². The molecule has 3 aromatic carbocycles. The number of nitrogens with one attached hydrogen (secondary N) is 2. The zero-order chi connectivity index (χ0) is 20.8. The van der Waals surface area contributed by atoms with Gasteiger partial charge in [-0.15, -0.1) is 0 Å². The number of carbonyl (C=O) groups is 2. The highest BCUT2D eigenvalue weighted by Crippen LogP contribution is 2.25. The number of hydrogen-bond acceptors (Lipinski definition) is 3. The Hall–Kier alpha value is -3.38. The fraction of sp³-hybridized carbons (Fsp3) is 0.0909. The fourth-order valence-corrected chi connectivity index (χ4v) is 2.77. The molecule has 29 heavy (non-hydrogen) atoms. The molecule has 0 atom stereocenters. The molecule has 0 radical (unpaired) electrons. The van der Waals surface area contributed by atoms with Crippen LogP contribution in [0.4, 0.5) is 15.8 Å². The Morgan fingerprint density at radius 2 is 1.69 bits per heavy atom. The van der Waals surface area contributed by atoms with Gasteiger partial charge in [0.25, 0.3) is 11.8 Å². The normalized spacial score (nSPS) is 10.3. The van der Waals surface area contributed by atoms with Gasteiger partial charge < -0.3 is 15.4 Å². The number of benzene rings is 3. The van der Waals surface area contributed by atoms with Crippen LogP contribution in [0.25, 0.3) is 0 Å². The van der Waals surface area contributed by atoms with Gasteiger partial charge >= 0.3 is 0 Å². The number of amides is 2. The molecule has 0 spiro atoms. The van der Waals surface area contributed by atoms with E-state index in [0.29, 0.717) is 18.0 Å². The first-order chi connectivity index (χ1) is 14.0. The van der Waals surface area contributed by atoms with E-state index in [1.807, 2.05) is 6.92 Å². The van der Waals surface area contributed by atoms with Crippen LogP contribution in [-0.2, 0) is 0 Å². The molecule has 3 rings (SSSR count). The van der Waals surface area contributed by atoms with E-state index in [0.717, 1.165) is 0 Å². The summed E-state index contributed by atoms with van der Waals surface area (Å²) in [7, 11) is 0. The number of ether oxygens (including phenoxy) is 1. The lowest BCUT2D eigenvalue weighted by Gasteiger charge is -2.11. The first kappa shape index (κ1) is 20.4. The van der Waals surface area contributed by atoms with Crippen molar-refractivity contribution in [3.8, 4) is 5.75 Å². The van der Waals surface area contributed by atoms with E-state index in [9.17, 15) is 14.0 Å².